The highest BCUT2D eigenvalue weighted by Crippen LogP contribution is 2.23. The predicted molar refractivity (Wildman–Crippen MR) is 121 cm³/mol. The van der Waals surface area contributed by atoms with Crippen LogP contribution in [0.1, 0.15) is 27.3 Å². The summed E-state index contributed by atoms with van der Waals surface area (Å²) in [5.41, 5.74) is 3.94. The van der Waals surface area contributed by atoms with E-state index in [2.05, 4.69) is 20.6 Å². The van der Waals surface area contributed by atoms with Gasteiger partial charge in [-0.25, -0.2) is 22.7 Å². The van der Waals surface area contributed by atoms with Crippen LogP contribution < -0.4 is 10.6 Å². The fourth-order valence-corrected chi connectivity index (χ4v) is 3.88. The Morgan fingerprint density at radius 3 is 2.26 bits per heavy atom. The Kier molecular flexibility index (Phi) is 6.37. The van der Waals surface area contributed by atoms with Gasteiger partial charge in [0.25, 0.3) is 5.91 Å². The lowest BCUT2D eigenvalue weighted by Gasteiger charge is -2.15. The summed E-state index contributed by atoms with van der Waals surface area (Å²) in [6.45, 7) is 5.57. The van der Waals surface area contributed by atoms with Crippen molar-refractivity contribution in [2.24, 2.45) is 0 Å². The molecule has 0 aliphatic heterocycles. The Labute approximate surface area is 182 Å². The van der Waals surface area contributed by atoms with E-state index < -0.39 is 10.0 Å². The van der Waals surface area contributed by atoms with Crippen molar-refractivity contribution in [1.82, 2.24) is 14.3 Å². The molecule has 0 aliphatic rings. The van der Waals surface area contributed by atoms with Crippen LogP contribution in [0.4, 0.5) is 17.3 Å². The van der Waals surface area contributed by atoms with Crippen molar-refractivity contribution in [3.63, 3.8) is 0 Å². The Morgan fingerprint density at radius 2 is 1.61 bits per heavy atom. The van der Waals surface area contributed by atoms with Gasteiger partial charge in [-0.2, -0.15) is 0 Å². The molecule has 0 radical (unpaired) electrons. The van der Waals surface area contributed by atoms with E-state index >= 15 is 0 Å². The molecule has 1 aromatic heterocycles. The van der Waals surface area contributed by atoms with E-state index in [1.807, 2.05) is 26.0 Å². The molecule has 0 saturated carbocycles. The zero-order valence-corrected chi connectivity index (χ0v) is 18.9. The van der Waals surface area contributed by atoms with Crippen molar-refractivity contribution < 1.29 is 13.2 Å². The fourth-order valence-electron chi connectivity index (χ4n) is 2.95. The highest BCUT2D eigenvalue weighted by molar-refractivity contribution is 7.89. The van der Waals surface area contributed by atoms with Crippen LogP contribution in [0, 0.1) is 20.8 Å². The number of nitrogens with zero attached hydrogens (tertiary/aromatic N) is 3. The van der Waals surface area contributed by atoms with E-state index in [0.717, 1.165) is 21.3 Å². The maximum absolute atomic E-state index is 12.8. The first-order valence-corrected chi connectivity index (χ1v) is 11.0. The summed E-state index contributed by atoms with van der Waals surface area (Å²) in [4.78, 5) is 21.6. The number of benzene rings is 2. The maximum atomic E-state index is 12.8. The Morgan fingerprint density at radius 1 is 0.935 bits per heavy atom. The van der Waals surface area contributed by atoms with Crippen molar-refractivity contribution in [1.29, 1.82) is 0 Å². The van der Waals surface area contributed by atoms with Crippen LogP contribution >= 0.6 is 0 Å². The second-order valence-electron chi connectivity index (χ2n) is 7.40. The third-order valence-electron chi connectivity index (χ3n) is 4.60. The Hall–Kier alpha value is -3.30. The number of anilines is 3. The number of carbonyl (C=O) groups excluding carboxylic acids is 1. The number of carbonyl (C=O) groups is 1. The highest BCUT2D eigenvalue weighted by Gasteiger charge is 2.19. The second-order valence-corrected chi connectivity index (χ2v) is 9.55. The van der Waals surface area contributed by atoms with Crippen molar-refractivity contribution in [3.05, 3.63) is 71.0 Å². The zero-order valence-electron chi connectivity index (χ0n) is 18.1. The van der Waals surface area contributed by atoms with E-state index in [9.17, 15) is 13.2 Å². The van der Waals surface area contributed by atoms with Gasteiger partial charge in [0.1, 0.15) is 0 Å². The molecule has 2 aromatic carbocycles. The standard InChI is InChI=1S/C22H25N5O3S/c1-14-9-10-19(31(29,30)27(4)5)13-20(14)26-21(28)17-7-6-8-18(12-17)25-22-23-15(2)11-16(3)24-22/h6-13H,1-5H3,(H,26,28)(H,23,24,25). The zero-order chi connectivity index (χ0) is 22.8. The van der Waals surface area contributed by atoms with Gasteiger partial charge < -0.3 is 10.6 Å². The van der Waals surface area contributed by atoms with Gasteiger partial charge in [0, 0.05) is 42.4 Å². The molecular formula is C22H25N5O3S. The lowest BCUT2D eigenvalue weighted by atomic mass is 10.1. The van der Waals surface area contributed by atoms with Crippen molar-refractivity contribution in [3.8, 4) is 0 Å². The highest BCUT2D eigenvalue weighted by atomic mass is 32.2. The summed E-state index contributed by atoms with van der Waals surface area (Å²) in [5, 5.41) is 5.92. The summed E-state index contributed by atoms with van der Waals surface area (Å²) in [6.07, 6.45) is 0. The van der Waals surface area contributed by atoms with E-state index in [1.165, 1.54) is 26.2 Å². The van der Waals surface area contributed by atoms with Crippen LogP contribution in [0.3, 0.4) is 0 Å². The summed E-state index contributed by atoms with van der Waals surface area (Å²) in [7, 11) is -0.680. The molecule has 0 spiro atoms. The van der Waals surface area contributed by atoms with Crippen LogP contribution in [-0.2, 0) is 10.0 Å². The van der Waals surface area contributed by atoms with Gasteiger partial charge in [-0.05, 0) is 62.7 Å². The fraction of sp³-hybridized carbons (Fsp3) is 0.227. The smallest absolute Gasteiger partial charge is 0.255 e. The molecule has 1 amide bonds. The van der Waals surface area contributed by atoms with Crippen LogP contribution in [0.15, 0.2) is 53.4 Å². The molecule has 8 nitrogen and oxygen atoms in total. The minimum absolute atomic E-state index is 0.112. The summed E-state index contributed by atoms with van der Waals surface area (Å²) >= 11 is 0. The minimum Gasteiger partial charge on any atom is -0.324 e. The molecule has 1 heterocycles. The molecule has 3 rings (SSSR count). The number of aryl methyl sites for hydroxylation is 3. The van der Waals surface area contributed by atoms with Gasteiger partial charge in [0.05, 0.1) is 4.90 Å². The van der Waals surface area contributed by atoms with E-state index in [4.69, 9.17) is 0 Å². The van der Waals surface area contributed by atoms with E-state index in [0.29, 0.717) is 22.9 Å². The Bertz CT molecular complexity index is 1220. The van der Waals surface area contributed by atoms with Gasteiger partial charge in [0.2, 0.25) is 16.0 Å². The van der Waals surface area contributed by atoms with Crippen molar-refractivity contribution >= 4 is 33.3 Å². The minimum atomic E-state index is -3.61. The van der Waals surface area contributed by atoms with Gasteiger partial charge in [-0.15, -0.1) is 0 Å². The number of amides is 1. The molecule has 0 atom stereocenters. The predicted octanol–water partition coefficient (Wildman–Crippen LogP) is 3.65. The second kappa shape index (κ2) is 8.83. The summed E-state index contributed by atoms with van der Waals surface area (Å²) in [6, 6.07) is 13.5. The van der Waals surface area contributed by atoms with Crippen LogP contribution in [0.5, 0.6) is 0 Å². The molecule has 0 unspecified atom stereocenters. The first-order valence-electron chi connectivity index (χ1n) is 9.60. The van der Waals surface area contributed by atoms with Crippen LogP contribution in [0.25, 0.3) is 0 Å². The SMILES string of the molecule is Cc1cc(C)nc(Nc2cccc(C(=O)Nc3cc(S(=O)(=O)N(C)C)ccc3C)c2)n1. The number of aromatic nitrogens is 2. The maximum Gasteiger partial charge on any atom is 0.255 e. The molecule has 0 aliphatic carbocycles. The number of hydrogen-bond acceptors (Lipinski definition) is 6. The molecule has 162 valence electrons. The van der Waals surface area contributed by atoms with Gasteiger partial charge in [0.15, 0.2) is 0 Å². The van der Waals surface area contributed by atoms with Gasteiger partial charge in [-0.3, -0.25) is 4.79 Å². The molecule has 0 bridgehead atoms. The molecule has 3 aromatic rings. The largest absolute Gasteiger partial charge is 0.324 e. The summed E-state index contributed by atoms with van der Waals surface area (Å²) in [5.74, 6) is 0.0972. The third kappa shape index (κ3) is 5.25. The average Bonchev–Trinajstić information content (AvgIpc) is 2.68. The van der Waals surface area contributed by atoms with E-state index in [1.54, 1.807) is 31.2 Å². The monoisotopic (exact) mass is 439 g/mol. The first kappa shape index (κ1) is 22.4. The molecule has 0 saturated heterocycles. The third-order valence-corrected chi connectivity index (χ3v) is 6.41. The average molecular weight is 440 g/mol. The number of sulfonamides is 1. The Balaban J connectivity index is 1.84. The molecule has 0 fully saturated rings. The van der Waals surface area contributed by atoms with Crippen LogP contribution in [0.2, 0.25) is 0 Å². The van der Waals surface area contributed by atoms with Gasteiger partial charge in [-0.1, -0.05) is 12.1 Å². The van der Waals surface area contributed by atoms with Gasteiger partial charge >= 0.3 is 0 Å². The topological polar surface area (TPSA) is 104 Å². The van der Waals surface area contributed by atoms with Crippen molar-refractivity contribution in [2.75, 3.05) is 24.7 Å². The lowest BCUT2D eigenvalue weighted by Crippen LogP contribution is -2.22. The number of nitrogens with one attached hydrogen (secondary N) is 2. The van der Waals surface area contributed by atoms with Crippen LogP contribution in [-0.4, -0.2) is 42.7 Å². The molecule has 9 heteroatoms. The lowest BCUT2D eigenvalue weighted by molar-refractivity contribution is 0.102. The molecule has 31 heavy (non-hydrogen) atoms. The summed E-state index contributed by atoms with van der Waals surface area (Å²) < 4.78 is 26.0. The number of hydrogen-bond donors (Lipinski definition) is 2. The molecular weight excluding hydrogens is 414 g/mol. The number of rotatable bonds is 6. The first-order chi connectivity index (χ1) is 14.6. The molecule has 2 N–H and O–H groups in total. The normalized spacial score (nSPS) is 11.4. The quantitative estimate of drug-likeness (QED) is 0.608. The van der Waals surface area contributed by atoms with Crippen molar-refractivity contribution in [2.45, 2.75) is 25.7 Å². The van der Waals surface area contributed by atoms with E-state index in [-0.39, 0.29) is 10.8 Å².